The van der Waals surface area contributed by atoms with Gasteiger partial charge in [-0.15, -0.1) is 0 Å². The molecule has 0 atom stereocenters. The number of aromatic nitrogens is 1. The molecule has 0 unspecified atom stereocenters. The molecular formula is C29H38N+. The van der Waals surface area contributed by atoms with Crippen LogP contribution in [0.5, 0.6) is 0 Å². The first-order valence-corrected chi connectivity index (χ1v) is 11.9. The van der Waals surface area contributed by atoms with Gasteiger partial charge in [0, 0.05) is 6.07 Å². The van der Waals surface area contributed by atoms with Gasteiger partial charge < -0.3 is 0 Å². The Morgan fingerprint density at radius 1 is 0.933 bits per heavy atom. The van der Waals surface area contributed by atoms with Gasteiger partial charge in [0.2, 0.25) is 5.69 Å². The maximum absolute atomic E-state index is 2.45. The third-order valence-electron chi connectivity index (χ3n) is 7.21. The van der Waals surface area contributed by atoms with Crippen LogP contribution in [0.15, 0.2) is 42.6 Å². The molecule has 0 N–H and O–H groups in total. The zero-order valence-corrected chi connectivity index (χ0v) is 19.8. The third kappa shape index (κ3) is 4.04. The summed E-state index contributed by atoms with van der Waals surface area (Å²) in [7, 11) is 2.19. The Balaban J connectivity index is 1.86. The van der Waals surface area contributed by atoms with Crippen molar-refractivity contribution in [2.24, 2.45) is 13.0 Å². The van der Waals surface area contributed by atoms with Crippen molar-refractivity contribution in [1.82, 2.24) is 0 Å². The van der Waals surface area contributed by atoms with Crippen LogP contribution in [0, 0.1) is 12.8 Å². The van der Waals surface area contributed by atoms with Gasteiger partial charge in [-0.05, 0) is 70.9 Å². The van der Waals surface area contributed by atoms with Crippen molar-refractivity contribution < 1.29 is 4.57 Å². The fourth-order valence-corrected chi connectivity index (χ4v) is 5.37. The summed E-state index contributed by atoms with van der Waals surface area (Å²) in [6, 6.07) is 14.4. The van der Waals surface area contributed by atoms with Gasteiger partial charge in [-0.3, -0.25) is 0 Å². The van der Waals surface area contributed by atoms with E-state index in [1.807, 2.05) is 0 Å². The van der Waals surface area contributed by atoms with Crippen LogP contribution in [0.25, 0.3) is 22.0 Å². The lowest BCUT2D eigenvalue weighted by molar-refractivity contribution is -0.659. The number of aryl methyl sites for hydroxylation is 1. The highest BCUT2D eigenvalue weighted by molar-refractivity contribution is 5.94. The average Bonchev–Trinajstić information content (AvgIpc) is 3.21. The minimum absolute atomic E-state index is 0.528. The van der Waals surface area contributed by atoms with Gasteiger partial charge in [0.05, 0.1) is 10.9 Å². The summed E-state index contributed by atoms with van der Waals surface area (Å²) in [5, 5.41) is 2.74. The smallest absolute Gasteiger partial charge is 0.200 e. The topological polar surface area (TPSA) is 3.88 Å². The fourth-order valence-electron chi connectivity index (χ4n) is 5.37. The molecular weight excluding hydrogens is 362 g/mol. The SMILES string of the molecule is Cc1c(-c2c3ccc(CC4CCCC4)cc3cc[n+]2C)cc(C(C)C)cc1C(C)C. The fraction of sp³-hybridized carbons (Fsp3) is 0.483. The molecule has 1 heteroatoms. The first kappa shape index (κ1) is 21.1. The number of pyridine rings is 1. The van der Waals surface area contributed by atoms with Gasteiger partial charge in [0.25, 0.3) is 0 Å². The Morgan fingerprint density at radius 2 is 1.67 bits per heavy atom. The summed E-state index contributed by atoms with van der Waals surface area (Å²) in [6.45, 7) is 11.5. The molecule has 1 aliphatic rings. The molecule has 4 rings (SSSR count). The number of fused-ring (bicyclic) bond motifs is 1. The molecule has 1 saturated carbocycles. The number of hydrogen-bond acceptors (Lipinski definition) is 0. The van der Waals surface area contributed by atoms with Crippen LogP contribution in [0.1, 0.15) is 87.5 Å². The van der Waals surface area contributed by atoms with Crippen molar-refractivity contribution in [2.75, 3.05) is 0 Å². The van der Waals surface area contributed by atoms with Crippen molar-refractivity contribution in [1.29, 1.82) is 0 Å². The highest BCUT2D eigenvalue weighted by Gasteiger charge is 2.22. The zero-order valence-electron chi connectivity index (χ0n) is 19.8. The first-order valence-electron chi connectivity index (χ1n) is 11.9. The maximum atomic E-state index is 2.45. The molecule has 1 aromatic heterocycles. The van der Waals surface area contributed by atoms with Gasteiger partial charge in [-0.1, -0.05) is 71.6 Å². The molecule has 158 valence electrons. The van der Waals surface area contributed by atoms with E-state index in [0.717, 1.165) is 5.92 Å². The molecule has 0 spiro atoms. The molecule has 0 saturated heterocycles. The predicted octanol–water partition coefficient (Wildman–Crippen LogP) is 7.62. The second-order valence-electron chi connectivity index (χ2n) is 10.1. The Kier molecular flexibility index (Phi) is 6.00. The summed E-state index contributed by atoms with van der Waals surface area (Å²) >= 11 is 0. The van der Waals surface area contributed by atoms with Crippen LogP contribution < -0.4 is 4.57 Å². The normalized spacial score (nSPS) is 15.1. The lowest BCUT2D eigenvalue weighted by Gasteiger charge is -2.18. The molecule has 1 heterocycles. The second kappa shape index (κ2) is 8.53. The van der Waals surface area contributed by atoms with E-state index in [-0.39, 0.29) is 0 Å². The van der Waals surface area contributed by atoms with Crippen LogP contribution >= 0.6 is 0 Å². The van der Waals surface area contributed by atoms with Crippen LogP contribution in [-0.4, -0.2) is 0 Å². The maximum Gasteiger partial charge on any atom is 0.220 e. The Morgan fingerprint density at radius 3 is 2.33 bits per heavy atom. The van der Waals surface area contributed by atoms with Crippen molar-refractivity contribution in [3.63, 3.8) is 0 Å². The summed E-state index contributed by atoms with van der Waals surface area (Å²) in [6.07, 6.45) is 9.14. The molecule has 1 aliphatic carbocycles. The van der Waals surface area contributed by atoms with Crippen molar-refractivity contribution >= 4 is 10.8 Å². The summed E-state index contributed by atoms with van der Waals surface area (Å²) in [5.41, 5.74) is 8.58. The van der Waals surface area contributed by atoms with Gasteiger partial charge in [-0.2, -0.15) is 0 Å². The largest absolute Gasteiger partial charge is 0.220 e. The van der Waals surface area contributed by atoms with E-state index in [2.05, 4.69) is 88.8 Å². The van der Waals surface area contributed by atoms with E-state index >= 15 is 0 Å². The number of rotatable bonds is 5. The molecule has 0 amide bonds. The molecule has 1 nitrogen and oxygen atoms in total. The highest BCUT2D eigenvalue weighted by Crippen LogP contribution is 2.36. The quantitative estimate of drug-likeness (QED) is 0.388. The molecule has 0 bridgehead atoms. The minimum atomic E-state index is 0.528. The number of hydrogen-bond donors (Lipinski definition) is 0. The molecule has 1 fully saturated rings. The summed E-state index contributed by atoms with van der Waals surface area (Å²) < 4.78 is 2.32. The van der Waals surface area contributed by atoms with E-state index in [0.29, 0.717) is 11.8 Å². The van der Waals surface area contributed by atoms with Gasteiger partial charge in [-0.25, -0.2) is 4.57 Å². The van der Waals surface area contributed by atoms with E-state index in [9.17, 15) is 0 Å². The predicted molar refractivity (Wildman–Crippen MR) is 129 cm³/mol. The molecule has 0 aliphatic heterocycles. The average molecular weight is 401 g/mol. The first-order chi connectivity index (χ1) is 14.3. The van der Waals surface area contributed by atoms with Crippen LogP contribution in [0.4, 0.5) is 0 Å². The Bertz CT molecular complexity index is 1050. The summed E-state index contributed by atoms with van der Waals surface area (Å²) in [5.74, 6) is 1.95. The van der Waals surface area contributed by atoms with Gasteiger partial charge in [0.15, 0.2) is 6.20 Å². The Hall–Kier alpha value is -2.15. The zero-order chi connectivity index (χ0) is 21.4. The van der Waals surface area contributed by atoms with E-state index < -0.39 is 0 Å². The highest BCUT2D eigenvalue weighted by atomic mass is 14.9. The van der Waals surface area contributed by atoms with Crippen molar-refractivity contribution in [2.45, 2.75) is 78.6 Å². The van der Waals surface area contributed by atoms with Crippen molar-refractivity contribution in [3.8, 4) is 11.3 Å². The lowest BCUT2D eigenvalue weighted by Crippen LogP contribution is -2.31. The van der Waals surface area contributed by atoms with Crippen molar-refractivity contribution in [3.05, 3.63) is 64.8 Å². The van der Waals surface area contributed by atoms with Crippen LogP contribution in [0.3, 0.4) is 0 Å². The molecule has 30 heavy (non-hydrogen) atoms. The summed E-state index contributed by atoms with van der Waals surface area (Å²) in [4.78, 5) is 0. The van der Waals surface area contributed by atoms with Crippen LogP contribution in [0.2, 0.25) is 0 Å². The third-order valence-corrected chi connectivity index (χ3v) is 7.21. The van der Waals surface area contributed by atoms with Gasteiger partial charge >= 0.3 is 0 Å². The van der Waals surface area contributed by atoms with E-state index in [4.69, 9.17) is 0 Å². The monoisotopic (exact) mass is 400 g/mol. The standard InChI is InChI=1S/C29H38N/c1-19(2)25-17-27(20(3)4)21(5)28(18-25)29-26-12-11-23(15-22-9-7-8-10-22)16-24(26)13-14-30(29)6/h11-14,16-20,22H,7-10,15H2,1-6H3/q+1. The Labute approximate surface area is 183 Å². The lowest BCUT2D eigenvalue weighted by atomic mass is 9.86. The van der Waals surface area contributed by atoms with Crippen LogP contribution in [-0.2, 0) is 13.5 Å². The van der Waals surface area contributed by atoms with E-state index in [1.54, 1.807) is 0 Å². The number of nitrogens with zero attached hydrogens (tertiary/aromatic N) is 1. The molecule has 2 aromatic carbocycles. The second-order valence-corrected chi connectivity index (χ2v) is 10.1. The molecule has 3 aromatic rings. The van der Waals surface area contributed by atoms with Gasteiger partial charge in [0.1, 0.15) is 7.05 Å². The molecule has 0 radical (unpaired) electrons. The minimum Gasteiger partial charge on any atom is -0.200 e. The number of benzene rings is 2. The van der Waals surface area contributed by atoms with E-state index in [1.165, 1.54) is 76.4 Å².